The van der Waals surface area contributed by atoms with Crippen molar-refractivity contribution in [3.8, 4) is 0 Å². The highest BCUT2D eigenvalue weighted by atomic mass is 16.3. The Kier molecular flexibility index (Phi) is 3.55. The molecule has 21 heavy (non-hydrogen) atoms. The highest BCUT2D eigenvalue weighted by molar-refractivity contribution is 5.92. The molecule has 0 aliphatic carbocycles. The zero-order chi connectivity index (χ0) is 14.9. The highest BCUT2D eigenvalue weighted by Gasteiger charge is 2.37. The van der Waals surface area contributed by atoms with Crippen LogP contribution in [0.5, 0.6) is 0 Å². The number of hydrogen-bond donors (Lipinski definition) is 1. The molecule has 3 rings (SSSR count). The summed E-state index contributed by atoms with van der Waals surface area (Å²) in [5.74, 6) is 0.344. The lowest BCUT2D eigenvalue weighted by molar-refractivity contribution is 0.0471. The van der Waals surface area contributed by atoms with Gasteiger partial charge in [-0.1, -0.05) is 30.3 Å². The molecule has 1 unspecified atom stereocenters. The lowest BCUT2D eigenvalue weighted by Gasteiger charge is -2.44. The number of carbonyl (C=O) groups is 1. The largest absolute Gasteiger partial charge is 0.459 e. The minimum absolute atomic E-state index is 0.0248. The van der Waals surface area contributed by atoms with Gasteiger partial charge in [0, 0.05) is 18.6 Å². The molecule has 2 heterocycles. The molecule has 1 atom stereocenters. The van der Waals surface area contributed by atoms with E-state index in [4.69, 9.17) is 4.42 Å². The average molecular weight is 284 g/mol. The molecule has 0 radical (unpaired) electrons. The fraction of sp³-hybridized carbons (Fsp3) is 0.353. The molecule has 4 nitrogen and oxygen atoms in total. The van der Waals surface area contributed by atoms with Crippen LogP contribution >= 0.6 is 0 Å². The Bertz CT molecular complexity index is 605. The lowest BCUT2D eigenvalue weighted by atomic mass is 9.94. The molecule has 1 aliphatic heterocycles. The molecule has 1 saturated heterocycles. The summed E-state index contributed by atoms with van der Waals surface area (Å²) in [6, 6.07) is 13.6. The minimum atomic E-state index is -0.104. The van der Waals surface area contributed by atoms with Crippen molar-refractivity contribution in [2.45, 2.75) is 25.4 Å². The van der Waals surface area contributed by atoms with E-state index in [0.29, 0.717) is 12.3 Å². The van der Waals surface area contributed by atoms with Crippen LogP contribution in [0.25, 0.3) is 0 Å². The number of nitrogens with one attached hydrogen (secondary N) is 1. The topological polar surface area (TPSA) is 45.5 Å². The number of furan rings is 1. The molecule has 4 heteroatoms. The van der Waals surface area contributed by atoms with Crippen LogP contribution in [0.2, 0.25) is 0 Å². The second-order valence-corrected chi connectivity index (χ2v) is 6.10. The zero-order valence-electron chi connectivity index (χ0n) is 12.4. The number of nitrogens with zero attached hydrogens (tertiary/aromatic N) is 1. The standard InChI is InChI=1S/C17H20N2O2/c1-17(2)12-19(16(20)15-9-6-10-21-15)14(11-18-17)13-7-4-3-5-8-13/h3-10,14,18H,11-12H2,1-2H3. The van der Waals surface area contributed by atoms with Crippen molar-refractivity contribution in [2.24, 2.45) is 0 Å². The van der Waals surface area contributed by atoms with E-state index in [-0.39, 0.29) is 17.5 Å². The van der Waals surface area contributed by atoms with Gasteiger partial charge in [0.25, 0.3) is 5.91 Å². The summed E-state index contributed by atoms with van der Waals surface area (Å²) in [4.78, 5) is 14.6. The van der Waals surface area contributed by atoms with Gasteiger partial charge in [-0.25, -0.2) is 0 Å². The fourth-order valence-electron chi connectivity index (χ4n) is 2.80. The van der Waals surface area contributed by atoms with E-state index in [9.17, 15) is 4.79 Å². The Balaban J connectivity index is 1.93. The molecule has 1 N–H and O–H groups in total. The van der Waals surface area contributed by atoms with Gasteiger partial charge in [-0.3, -0.25) is 4.79 Å². The molecular weight excluding hydrogens is 264 g/mol. The second-order valence-electron chi connectivity index (χ2n) is 6.10. The Morgan fingerprint density at radius 1 is 1.24 bits per heavy atom. The number of amides is 1. The highest BCUT2D eigenvalue weighted by Crippen LogP contribution is 2.28. The molecule has 1 fully saturated rings. The van der Waals surface area contributed by atoms with Crippen molar-refractivity contribution >= 4 is 5.91 Å². The predicted octanol–water partition coefficient (Wildman–Crippen LogP) is 2.84. The summed E-state index contributed by atoms with van der Waals surface area (Å²) in [5, 5.41) is 3.51. The zero-order valence-corrected chi connectivity index (χ0v) is 12.4. The summed E-state index contributed by atoms with van der Waals surface area (Å²) in [5.41, 5.74) is 1.04. The van der Waals surface area contributed by atoms with Gasteiger partial charge in [0.05, 0.1) is 12.3 Å². The van der Waals surface area contributed by atoms with Crippen molar-refractivity contribution in [3.05, 3.63) is 60.1 Å². The number of rotatable bonds is 2. The van der Waals surface area contributed by atoms with Crippen LogP contribution in [-0.4, -0.2) is 29.4 Å². The van der Waals surface area contributed by atoms with Gasteiger partial charge in [-0.15, -0.1) is 0 Å². The van der Waals surface area contributed by atoms with Gasteiger partial charge in [0.2, 0.25) is 0 Å². The Morgan fingerprint density at radius 2 is 2.00 bits per heavy atom. The van der Waals surface area contributed by atoms with E-state index >= 15 is 0 Å². The van der Waals surface area contributed by atoms with E-state index in [1.807, 2.05) is 23.1 Å². The Morgan fingerprint density at radius 3 is 2.67 bits per heavy atom. The van der Waals surface area contributed by atoms with Gasteiger partial charge in [-0.05, 0) is 31.5 Å². The third-order valence-corrected chi connectivity index (χ3v) is 3.89. The van der Waals surface area contributed by atoms with Gasteiger partial charge < -0.3 is 14.6 Å². The molecule has 1 amide bonds. The first-order valence-electron chi connectivity index (χ1n) is 7.21. The molecule has 0 saturated carbocycles. The van der Waals surface area contributed by atoms with Crippen LogP contribution in [0.15, 0.2) is 53.1 Å². The van der Waals surface area contributed by atoms with Crippen LogP contribution in [0.4, 0.5) is 0 Å². The molecule has 1 aromatic carbocycles. The lowest BCUT2D eigenvalue weighted by Crippen LogP contribution is -2.59. The fourth-order valence-corrected chi connectivity index (χ4v) is 2.80. The van der Waals surface area contributed by atoms with Crippen LogP contribution in [-0.2, 0) is 0 Å². The average Bonchev–Trinajstić information content (AvgIpc) is 3.01. The van der Waals surface area contributed by atoms with Gasteiger partial charge in [0.1, 0.15) is 0 Å². The van der Waals surface area contributed by atoms with Crippen molar-refractivity contribution in [2.75, 3.05) is 13.1 Å². The Labute approximate surface area is 124 Å². The molecule has 0 bridgehead atoms. The van der Waals surface area contributed by atoms with Crippen LogP contribution in [0.1, 0.15) is 36.0 Å². The number of piperazine rings is 1. The normalized spacial score (nSPS) is 21.2. The first-order valence-corrected chi connectivity index (χ1v) is 7.21. The summed E-state index contributed by atoms with van der Waals surface area (Å²) in [6.07, 6.45) is 1.54. The first kappa shape index (κ1) is 13.9. The molecule has 1 aromatic heterocycles. The maximum absolute atomic E-state index is 12.7. The van der Waals surface area contributed by atoms with E-state index < -0.39 is 0 Å². The molecule has 0 spiro atoms. The minimum Gasteiger partial charge on any atom is -0.459 e. The van der Waals surface area contributed by atoms with Crippen molar-refractivity contribution in [1.29, 1.82) is 0 Å². The third-order valence-electron chi connectivity index (χ3n) is 3.89. The quantitative estimate of drug-likeness (QED) is 0.922. The SMILES string of the molecule is CC1(C)CN(C(=O)c2ccco2)C(c2ccccc2)CN1. The second kappa shape index (κ2) is 5.37. The smallest absolute Gasteiger partial charge is 0.290 e. The van der Waals surface area contributed by atoms with Crippen LogP contribution in [0.3, 0.4) is 0 Å². The number of hydrogen-bond acceptors (Lipinski definition) is 3. The summed E-state index contributed by atoms with van der Waals surface area (Å²) < 4.78 is 5.29. The van der Waals surface area contributed by atoms with E-state index in [1.165, 1.54) is 6.26 Å². The van der Waals surface area contributed by atoms with Crippen molar-refractivity contribution in [1.82, 2.24) is 10.2 Å². The molecule has 110 valence electrons. The van der Waals surface area contributed by atoms with Crippen molar-refractivity contribution in [3.63, 3.8) is 0 Å². The number of carbonyl (C=O) groups excluding carboxylic acids is 1. The van der Waals surface area contributed by atoms with E-state index in [2.05, 4.69) is 31.3 Å². The summed E-state index contributed by atoms with van der Waals surface area (Å²) in [7, 11) is 0. The maximum atomic E-state index is 12.7. The summed E-state index contributed by atoms with van der Waals surface area (Å²) >= 11 is 0. The van der Waals surface area contributed by atoms with Gasteiger partial charge >= 0.3 is 0 Å². The van der Waals surface area contributed by atoms with Gasteiger partial charge in [-0.2, -0.15) is 0 Å². The molecular formula is C17H20N2O2. The third kappa shape index (κ3) is 2.85. The predicted molar refractivity (Wildman–Crippen MR) is 81.0 cm³/mol. The Hall–Kier alpha value is -2.07. The van der Waals surface area contributed by atoms with E-state index in [0.717, 1.165) is 12.1 Å². The summed E-state index contributed by atoms with van der Waals surface area (Å²) in [6.45, 7) is 5.60. The first-order chi connectivity index (χ1) is 10.1. The van der Waals surface area contributed by atoms with Crippen LogP contribution < -0.4 is 5.32 Å². The molecule has 2 aromatic rings. The van der Waals surface area contributed by atoms with Crippen LogP contribution in [0, 0.1) is 0 Å². The van der Waals surface area contributed by atoms with Crippen molar-refractivity contribution < 1.29 is 9.21 Å². The molecule has 1 aliphatic rings. The van der Waals surface area contributed by atoms with Gasteiger partial charge in [0.15, 0.2) is 5.76 Å². The maximum Gasteiger partial charge on any atom is 0.290 e. The van der Waals surface area contributed by atoms with E-state index in [1.54, 1.807) is 12.1 Å². The monoisotopic (exact) mass is 284 g/mol. The number of benzene rings is 1.